The van der Waals surface area contributed by atoms with E-state index < -0.39 is 6.10 Å². The Morgan fingerprint density at radius 2 is 2.08 bits per heavy atom. The molecule has 1 aromatic carbocycles. The van der Waals surface area contributed by atoms with Crippen LogP contribution >= 0.6 is 0 Å². The molecule has 1 fully saturated rings. The van der Waals surface area contributed by atoms with Gasteiger partial charge in [0.1, 0.15) is 23.4 Å². The summed E-state index contributed by atoms with van der Waals surface area (Å²) in [6.45, 7) is 3.99. The van der Waals surface area contributed by atoms with Crippen LogP contribution in [0, 0.1) is 5.82 Å². The molecule has 37 heavy (non-hydrogen) atoms. The van der Waals surface area contributed by atoms with E-state index in [0.29, 0.717) is 42.4 Å². The molecule has 192 valence electrons. The smallest absolute Gasteiger partial charge is 0.254 e. The molecular weight excluding hydrogens is 475 g/mol. The van der Waals surface area contributed by atoms with Crippen LogP contribution in [-0.4, -0.2) is 57.3 Å². The van der Waals surface area contributed by atoms with Gasteiger partial charge in [0, 0.05) is 37.5 Å². The Bertz CT molecular complexity index is 1450. The summed E-state index contributed by atoms with van der Waals surface area (Å²) in [7, 11) is 0. The molecule has 3 aromatic heterocycles. The van der Waals surface area contributed by atoms with Gasteiger partial charge in [-0.25, -0.2) is 14.4 Å². The number of carbonyl (C=O) groups is 1. The van der Waals surface area contributed by atoms with Gasteiger partial charge in [0.15, 0.2) is 0 Å². The number of rotatable bonds is 5. The van der Waals surface area contributed by atoms with Crippen LogP contribution in [0.3, 0.4) is 0 Å². The minimum atomic E-state index is -0.542. The van der Waals surface area contributed by atoms with Gasteiger partial charge < -0.3 is 25.4 Å². The molecule has 0 unspecified atom stereocenters. The molecule has 4 aromatic rings. The molecule has 10 heteroatoms. The van der Waals surface area contributed by atoms with Crippen molar-refractivity contribution in [1.82, 2.24) is 19.7 Å². The van der Waals surface area contributed by atoms with Crippen molar-refractivity contribution < 1.29 is 19.0 Å². The summed E-state index contributed by atoms with van der Waals surface area (Å²) in [5.74, 6) is 0.0958. The maximum atomic E-state index is 13.6. The molecule has 0 aliphatic carbocycles. The van der Waals surface area contributed by atoms with Crippen LogP contribution in [0.15, 0.2) is 55.0 Å². The van der Waals surface area contributed by atoms with Crippen molar-refractivity contribution in [3.8, 4) is 11.3 Å². The Morgan fingerprint density at radius 3 is 2.86 bits per heavy atom. The first kappa shape index (κ1) is 24.7. The standard InChI is InChI=1S/C26H25FN6O3.CH4/c1-15(34)22-14-32(8-9-36-22)17-2-5-23(28-11-17)31-20-4-3-18(19-12-30-26(35)25(19)20)21-13-29-24-10-16(27)6-7-33(21)24;/h2-7,10-11,13,15,22,34H,8-9,12,14H2,1H3,(H,28,31)(H,30,35);1H4/t15-,22-;/m0./s1. The van der Waals surface area contributed by atoms with Gasteiger partial charge in [-0.1, -0.05) is 13.5 Å². The molecule has 3 N–H and O–H groups in total. The Labute approximate surface area is 213 Å². The van der Waals surface area contributed by atoms with Gasteiger partial charge >= 0.3 is 0 Å². The van der Waals surface area contributed by atoms with Gasteiger partial charge in [-0.15, -0.1) is 0 Å². The number of anilines is 3. The topological polar surface area (TPSA) is 104 Å². The van der Waals surface area contributed by atoms with Gasteiger partial charge in [0.05, 0.1) is 47.7 Å². The molecule has 1 saturated heterocycles. The Balaban J connectivity index is 0.00000280. The highest BCUT2D eigenvalue weighted by Gasteiger charge is 2.28. The van der Waals surface area contributed by atoms with Crippen LogP contribution in [0.25, 0.3) is 16.9 Å². The lowest BCUT2D eigenvalue weighted by Gasteiger charge is -2.35. The average Bonchev–Trinajstić information content (AvgIpc) is 3.48. The van der Waals surface area contributed by atoms with E-state index in [1.807, 2.05) is 28.7 Å². The van der Waals surface area contributed by atoms with Crippen LogP contribution < -0.4 is 15.5 Å². The molecule has 5 heterocycles. The maximum absolute atomic E-state index is 13.6. The van der Waals surface area contributed by atoms with Crippen molar-refractivity contribution in [3.05, 3.63) is 71.9 Å². The number of halogens is 1. The molecule has 0 saturated carbocycles. The Hall–Kier alpha value is -4.02. The first-order chi connectivity index (χ1) is 17.5. The lowest BCUT2D eigenvalue weighted by atomic mass is 9.99. The number of morpholine rings is 1. The van der Waals surface area contributed by atoms with Gasteiger partial charge in [-0.2, -0.15) is 0 Å². The van der Waals surface area contributed by atoms with Crippen LogP contribution in [0.5, 0.6) is 0 Å². The number of carbonyl (C=O) groups excluding carboxylic acids is 1. The molecule has 1 amide bonds. The van der Waals surface area contributed by atoms with Crippen LogP contribution in [0.1, 0.15) is 30.3 Å². The van der Waals surface area contributed by atoms with E-state index in [2.05, 4.69) is 25.5 Å². The summed E-state index contributed by atoms with van der Waals surface area (Å²) in [6, 6.07) is 10.4. The van der Waals surface area contributed by atoms with Crippen molar-refractivity contribution in [2.45, 2.75) is 33.1 Å². The first-order valence-electron chi connectivity index (χ1n) is 11.8. The lowest BCUT2D eigenvalue weighted by Crippen LogP contribution is -2.47. The van der Waals surface area contributed by atoms with E-state index in [4.69, 9.17) is 4.74 Å². The molecule has 2 atom stereocenters. The summed E-state index contributed by atoms with van der Waals surface area (Å²) in [4.78, 5) is 23.8. The number of hydrogen-bond donors (Lipinski definition) is 3. The second-order valence-corrected chi connectivity index (χ2v) is 9.04. The number of pyridine rings is 2. The van der Waals surface area contributed by atoms with Crippen LogP contribution in [0.4, 0.5) is 21.6 Å². The van der Waals surface area contributed by atoms with Crippen molar-refractivity contribution in [3.63, 3.8) is 0 Å². The Kier molecular flexibility index (Phi) is 6.53. The number of nitrogens with one attached hydrogen (secondary N) is 2. The second kappa shape index (κ2) is 9.79. The summed E-state index contributed by atoms with van der Waals surface area (Å²) in [5.41, 5.74) is 5.15. The molecular formula is C27H29FN6O3. The number of aliphatic hydroxyl groups is 1. The van der Waals surface area contributed by atoms with E-state index in [1.54, 1.807) is 25.5 Å². The van der Waals surface area contributed by atoms with Crippen LogP contribution in [0.2, 0.25) is 0 Å². The number of nitrogens with zero attached hydrogens (tertiary/aromatic N) is 4. The molecule has 9 nitrogen and oxygen atoms in total. The highest BCUT2D eigenvalue weighted by molar-refractivity contribution is 6.06. The van der Waals surface area contributed by atoms with Crippen molar-refractivity contribution >= 4 is 28.7 Å². The van der Waals surface area contributed by atoms with Gasteiger partial charge in [-0.3, -0.25) is 9.20 Å². The number of benzene rings is 1. The molecule has 0 spiro atoms. The third-order valence-electron chi connectivity index (χ3n) is 6.72. The monoisotopic (exact) mass is 504 g/mol. The normalized spacial score (nSPS) is 17.8. The highest BCUT2D eigenvalue weighted by Crippen LogP contribution is 2.35. The van der Waals surface area contributed by atoms with Crippen molar-refractivity contribution in [1.29, 1.82) is 0 Å². The number of aromatic nitrogens is 3. The summed E-state index contributed by atoms with van der Waals surface area (Å²) < 4.78 is 21.1. The number of aliphatic hydroxyl groups excluding tert-OH is 1. The number of ether oxygens (including phenoxy) is 1. The number of imidazole rings is 1. The molecule has 2 aliphatic rings. The van der Waals surface area contributed by atoms with Gasteiger partial charge in [0.25, 0.3) is 5.91 Å². The van der Waals surface area contributed by atoms with E-state index in [-0.39, 0.29) is 25.3 Å². The lowest BCUT2D eigenvalue weighted by molar-refractivity contribution is -0.0364. The SMILES string of the molecule is C.C[C@H](O)[C@@H]1CN(c2ccc(Nc3ccc(-c4cnc5cc(F)ccn45)c4c3C(=O)NC4)nc2)CCO1. The van der Waals surface area contributed by atoms with E-state index in [0.717, 1.165) is 29.1 Å². The predicted octanol–water partition coefficient (Wildman–Crippen LogP) is 3.74. The third-order valence-corrected chi connectivity index (χ3v) is 6.72. The van der Waals surface area contributed by atoms with Crippen molar-refractivity contribution in [2.75, 3.05) is 29.9 Å². The van der Waals surface area contributed by atoms with Gasteiger partial charge in [0.2, 0.25) is 0 Å². The first-order valence-corrected chi connectivity index (χ1v) is 11.8. The zero-order valence-corrected chi connectivity index (χ0v) is 19.6. The molecule has 6 rings (SSSR count). The minimum Gasteiger partial charge on any atom is -0.391 e. The quantitative estimate of drug-likeness (QED) is 0.380. The predicted molar refractivity (Wildman–Crippen MR) is 140 cm³/mol. The maximum Gasteiger partial charge on any atom is 0.254 e. The number of fused-ring (bicyclic) bond motifs is 2. The fraction of sp³-hybridized carbons (Fsp3) is 0.296. The van der Waals surface area contributed by atoms with E-state index in [9.17, 15) is 14.3 Å². The summed E-state index contributed by atoms with van der Waals surface area (Å²) in [6.07, 6.45) is 4.33. The zero-order valence-electron chi connectivity index (χ0n) is 19.6. The summed E-state index contributed by atoms with van der Waals surface area (Å²) in [5, 5.41) is 16.1. The average molecular weight is 505 g/mol. The largest absolute Gasteiger partial charge is 0.391 e. The third kappa shape index (κ3) is 4.49. The molecule has 2 aliphatic heterocycles. The van der Waals surface area contributed by atoms with E-state index >= 15 is 0 Å². The minimum absolute atomic E-state index is 0. The second-order valence-electron chi connectivity index (χ2n) is 9.04. The van der Waals surface area contributed by atoms with Crippen molar-refractivity contribution in [2.24, 2.45) is 0 Å². The molecule has 0 bridgehead atoms. The zero-order chi connectivity index (χ0) is 24.8. The number of amides is 1. The summed E-state index contributed by atoms with van der Waals surface area (Å²) >= 11 is 0. The highest BCUT2D eigenvalue weighted by atomic mass is 19.1. The van der Waals surface area contributed by atoms with E-state index in [1.165, 1.54) is 12.1 Å². The fourth-order valence-electron chi connectivity index (χ4n) is 4.83. The Morgan fingerprint density at radius 1 is 1.22 bits per heavy atom. The van der Waals surface area contributed by atoms with Gasteiger partial charge in [-0.05, 0) is 36.8 Å². The number of hydrogen-bond acceptors (Lipinski definition) is 7. The molecule has 0 radical (unpaired) electrons. The fourth-order valence-corrected chi connectivity index (χ4v) is 4.83. The van der Waals surface area contributed by atoms with Crippen LogP contribution in [-0.2, 0) is 11.3 Å².